The molecule has 1 aromatic heterocycles. The van der Waals surface area contributed by atoms with Crippen molar-refractivity contribution in [3.63, 3.8) is 0 Å². The molecule has 4 nitrogen and oxygen atoms in total. The van der Waals surface area contributed by atoms with Crippen molar-refractivity contribution in [1.29, 1.82) is 0 Å². The minimum Gasteiger partial charge on any atom is -0.388 e. The van der Waals surface area contributed by atoms with Gasteiger partial charge in [0.15, 0.2) is 0 Å². The van der Waals surface area contributed by atoms with Crippen LogP contribution in [0, 0.1) is 0 Å². The van der Waals surface area contributed by atoms with Crippen molar-refractivity contribution in [1.82, 2.24) is 9.97 Å². The highest BCUT2D eigenvalue weighted by molar-refractivity contribution is 7.80. The summed E-state index contributed by atoms with van der Waals surface area (Å²) in [5.41, 5.74) is 6.07. The first-order chi connectivity index (χ1) is 7.72. The van der Waals surface area contributed by atoms with Crippen LogP contribution in [-0.4, -0.2) is 27.5 Å². The lowest BCUT2D eigenvalue weighted by atomic mass is 10.4. The van der Waals surface area contributed by atoms with Crippen LogP contribution in [0.25, 0.3) is 0 Å². The highest BCUT2D eigenvalue weighted by Gasteiger charge is 2.29. The van der Waals surface area contributed by atoms with Crippen molar-refractivity contribution in [3.05, 3.63) is 18.1 Å². The monoisotopic (exact) mass is 236 g/mol. The van der Waals surface area contributed by atoms with E-state index in [9.17, 15) is 0 Å². The molecule has 0 aromatic carbocycles. The first kappa shape index (κ1) is 11.3. The van der Waals surface area contributed by atoms with Gasteiger partial charge in [0.1, 0.15) is 16.5 Å². The maximum atomic E-state index is 5.49. The number of nitrogens with two attached hydrogens (primary N) is 1. The highest BCUT2D eigenvalue weighted by atomic mass is 32.1. The number of anilines is 1. The largest absolute Gasteiger partial charge is 0.388 e. The van der Waals surface area contributed by atoms with Crippen LogP contribution in [0.5, 0.6) is 0 Å². The summed E-state index contributed by atoms with van der Waals surface area (Å²) in [6, 6.07) is 0.657. The van der Waals surface area contributed by atoms with E-state index in [2.05, 4.69) is 21.8 Å². The number of rotatable bonds is 5. The third-order valence-corrected chi connectivity index (χ3v) is 2.85. The molecule has 16 heavy (non-hydrogen) atoms. The molecule has 1 saturated carbocycles. The minimum atomic E-state index is 0.299. The maximum Gasteiger partial charge on any atom is 0.147 e. The molecule has 0 bridgehead atoms. The zero-order chi connectivity index (χ0) is 11.5. The van der Waals surface area contributed by atoms with Crippen LogP contribution in [0.15, 0.2) is 12.4 Å². The second-order valence-corrected chi connectivity index (χ2v) is 4.49. The van der Waals surface area contributed by atoms with E-state index in [4.69, 9.17) is 18.0 Å². The first-order valence-electron chi connectivity index (χ1n) is 5.61. The quantitative estimate of drug-likeness (QED) is 0.785. The Bertz CT molecular complexity index is 372. The third kappa shape index (κ3) is 2.47. The third-order valence-electron chi connectivity index (χ3n) is 2.64. The molecule has 5 heteroatoms. The van der Waals surface area contributed by atoms with Gasteiger partial charge in [-0.05, 0) is 19.3 Å². The second kappa shape index (κ2) is 4.74. The summed E-state index contributed by atoms with van der Waals surface area (Å²) in [5.74, 6) is 0.935. The number of aromatic nitrogens is 2. The van der Waals surface area contributed by atoms with Crippen LogP contribution in [0.2, 0.25) is 0 Å². The first-order valence-corrected chi connectivity index (χ1v) is 6.01. The topological polar surface area (TPSA) is 55.0 Å². The predicted octanol–water partition coefficient (Wildman–Crippen LogP) is 1.49. The maximum absolute atomic E-state index is 5.49. The molecule has 1 fully saturated rings. The highest BCUT2D eigenvalue weighted by Crippen LogP contribution is 2.30. The van der Waals surface area contributed by atoms with Gasteiger partial charge in [0, 0.05) is 12.6 Å². The molecule has 1 heterocycles. The predicted molar refractivity (Wildman–Crippen MR) is 68.6 cm³/mol. The molecule has 0 unspecified atom stereocenters. The van der Waals surface area contributed by atoms with Crippen LogP contribution < -0.4 is 10.6 Å². The lowest BCUT2D eigenvalue weighted by Gasteiger charge is -2.22. The molecule has 0 atom stereocenters. The normalized spacial score (nSPS) is 14.8. The minimum absolute atomic E-state index is 0.299. The molecule has 0 saturated heterocycles. The van der Waals surface area contributed by atoms with Gasteiger partial charge in [-0.25, -0.2) is 9.97 Å². The van der Waals surface area contributed by atoms with E-state index in [-0.39, 0.29) is 0 Å². The van der Waals surface area contributed by atoms with Crippen LogP contribution in [-0.2, 0) is 0 Å². The lowest BCUT2D eigenvalue weighted by molar-refractivity contribution is 0.747. The molecule has 1 aromatic rings. The van der Waals surface area contributed by atoms with Crippen molar-refractivity contribution in [2.24, 2.45) is 5.73 Å². The Kier molecular flexibility index (Phi) is 3.33. The number of hydrogen-bond acceptors (Lipinski definition) is 4. The second-order valence-electron chi connectivity index (χ2n) is 4.05. The SMILES string of the molecule is CCCN(c1cnc(C(N)=S)cn1)C1CC1. The lowest BCUT2D eigenvalue weighted by Crippen LogP contribution is -2.27. The van der Waals surface area contributed by atoms with Gasteiger partial charge in [-0.3, -0.25) is 0 Å². The van der Waals surface area contributed by atoms with Gasteiger partial charge >= 0.3 is 0 Å². The van der Waals surface area contributed by atoms with Crippen LogP contribution in [0.4, 0.5) is 5.82 Å². The van der Waals surface area contributed by atoms with Crippen molar-refractivity contribution in [3.8, 4) is 0 Å². The Morgan fingerprint density at radius 2 is 2.25 bits per heavy atom. The molecule has 0 amide bonds. The van der Waals surface area contributed by atoms with Gasteiger partial charge in [0.25, 0.3) is 0 Å². The molecule has 1 aliphatic rings. The zero-order valence-corrected chi connectivity index (χ0v) is 10.2. The van der Waals surface area contributed by atoms with E-state index in [1.165, 1.54) is 12.8 Å². The van der Waals surface area contributed by atoms with Crippen molar-refractivity contribution >= 4 is 23.0 Å². The number of hydrogen-bond donors (Lipinski definition) is 1. The summed E-state index contributed by atoms with van der Waals surface area (Å²) in [4.78, 5) is 11.2. The molecule has 0 aliphatic heterocycles. The number of nitrogens with zero attached hydrogens (tertiary/aromatic N) is 3. The summed E-state index contributed by atoms with van der Waals surface area (Å²) in [7, 11) is 0. The molecule has 0 radical (unpaired) electrons. The molecular weight excluding hydrogens is 220 g/mol. The van der Waals surface area contributed by atoms with Gasteiger partial charge < -0.3 is 10.6 Å². The summed E-state index contributed by atoms with van der Waals surface area (Å²) in [6.07, 6.45) is 7.07. The van der Waals surface area contributed by atoms with E-state index in [0.29, 0.717) is 16.7 Å². The molecule has 1 aliphatic carbocycles. The molecule has 2 N–H and O–H groups in total. The van der Waals surface area contributed by atoms with E-state index in [0.717, 1.165) is 18.8 Å². The van der Waals surface area contributed by atoms with Gasteiger partial charge in [-0.15, -0.1) is 0 Å². The standard InChI is InChI=1S/C11H16N4S/c1-2-5-15(8-3-4-8)10-7-13-9(6-14-10)11(12)16/h6-8H,2-5H2,1H3,(H2,12,16). The smallest absolute Gasteiger partial charge is 0.147 e. The Hall–Kier alpha value is -1.23. The van der Waals surface area contributed by atoms with Gasteiger partial charge in [-0.1, -0.05) is 19.1 Å². The van der Waals surface area contributed by atoms with E-state index < -0.39 is 0 Å². The number of thiocarbonyl (C=S) groups is 1. The van der Waals surface area contributed by atoms with E-state index >= 15 is 0 Å². The summed E-state index contributed by atoms with van der Waals surface area (Å²) < 4.78 is 0. The Labute approximate surface area is 101 Å². The fourth-order valence-electron chi connectivity index (χ4n) is 1.71. The van der Waals surface area contributed by atoms with E-state index in [1.807, 2.05) is 0 Å². The average Bonchev–Trinajstić information content (AvgIpc) is 3.10. The van der Waals surface area contributed by atoms with Crippen LogP contribution in [0.1, 0.15) is 31.9 Å². The van der Waals surface area contributed by atoms with E-state index in [1.54, 1.807) is 12.4 Å². The van der Waals surface area contributed by atoms with Gasteiger partial charge in [0.2, 0.25) is 0 Å². The summed E-state index contributed by atoms with van der Waals surface area (Å²) in [6.45, 7) is 3.21. The summed E-state index contributed by atoms with van der Waals surface area (Å²) in [5, 5.41) is 0. The van der Waals surface area contributed by atoms with Crippen molar-refractivity contribution < 1.29 is 0 Å². The molecule has 0 spiro atoms. The Morgan fingerprint density at radius 1 is 1.50 bits per heavy atom. The Balaban J connectivity index is 2.14. The Morgan fingerprint density at radius 3 is 2.69 bits per heavy atom. The van der Waals surface area contributed by atoms with Gasteiger partial charge in [-0.2, -0.15) is 0 Å². The molecular formula is C11H16N4S. The fourth-order valence-corrected chi connectivity index (χ4v) is 1.81. The van der Waals surface area contributed by atoms with Gasteiger partial charge in [0.05, 0.1) is 12.4 Å². The molecule has 86 valence electrons. The average molecular weight is 236 g/mol. The van der Waals surface area contributed by atoms with Crippen LogP contribution >= 0.6 is 12.2 Å². The molecule has 2 rings (SSSR count). The van der Waals surface area contributed by atoms with Crippen molar-refractivity contribution in [2.75, 3.05) is 11.4 Å². The zero-order valence-electron chi connectivity index (χ0n) is 9.39. The fraction of sp³-hybridized carbons (Fsp3) is 0.545. The summed E-state index contributed by atoms with van der Waals surface area (Å²) >= 11 is 4.85. The van der Waals surface area contributed by atoms with Crippen molar-refractivity contribution in [2.45, 2.75) is 32.2 Å². The van der Waals surface area contributed by atoms with Crippen LogP contribution in [0.3, 0.4) is 0 Å².